The second-order valence-electron chi connectivity index (χ2n) is 6.16. The smallest absolute Gasteiger partial charge is 0.333 e. The van der Waals surface area contributed by atoms with E-state index in [1.807, 2.05) is 31.2 Å². The van der Waals surface area contributed by atoms with Crippen molar-refractivity contribution < 1.29 is 21.9 Å². The first-order chi connectivity index (χ1) is 12.2. The van der Waals surface area contributed by atoms with Crippen LogP contribution in [0.1, 0.15) is 30.3 Å². The number of aryl methyl sites for hydroxylation is 1. The Morgan fingerprint density at radius 3 is 2.54 bits per heavy atom. The fraction of sp³-hybridized carbons (Fsp3) is 0.471. The van der Waals surface area contributed by atoms with Crippen LogP contribution in [0.15, 0.2) is 35.4 Å². The third-order valence-electron chi connectivity index (χ3n) is 4.09. The number of ether oxygens (including phenoxy) is 1. The second kappa shape index (κ2) is 8.24. The van der Waals surface area contributed by atoms with Crippen LogP contribution in [0.5, 0.6) is 0 Å². The second-order valence-corrected chi connectivity index (χ2v) is 8.02. The molecule has 0 aliphatic heterocycles. The highest BCUT2D eigenvalue weighted by Crippen LogP contribution is 2.26. The van der Waals surface area contributed by atoms with E-state index < -0.39 is 22.6 Å². The maximum atomic E-state index is 13.2. The fourth-order valence-corrected chi connectivity index (χ4v) is 4.53. The maximum Gasteiger partial charge on any atom is 0.333 e. The van der Waals surface area contributed by atoms with Crippen LogP contribution in [0.25, 0.3) is 0 Å². The summed E-state index contributed by atoms with van der Waals surface area (Å²) in [4.78, 5) is -0.228. The van der Waals surface area contributed by atoms with E-state index in [2.05, 4.69) is 5.10 Å². The van der Waals surface area contributed by atoms with Crippen LogP contribution in [-0.4, -0.2) is 42.3 Å². The highest BCUT2D eigenvalue weighted by atomic mass is 32.2. The molecule has 26 heavy (non-hydrogen) atoms. The summed E-state index contributed by atoms with van der Waals surface area (Å²) in [5, 5.41) is 3.52. The molecule has 0 N–H and O–H groups in total. The Morgan fingerprint density at radius 1 is 1.31 bits per heavy atom. The topological polar surface area (TPSA) is 64.4 Å². The minimum Gasteiger partial charge on any atom is -0.383 e. The molecule has 2 aromatic rings. The third kappa shape index (κ3) is 4.28. The molecule has 0 saturated heterocycles. The van der Waals surface area contributed by atoms with Crippen LogP contribution in [0.2, 0.25) is 0 Å². The van der Waals surface area contributed by atoms with Crippen molar-refractivity contribution in [2.24, 2.45) is 0 Å². The van der Waals surface area contributed by atoms with Gasteiger partial charge in [-0.15, -0.1) is 0 Å². The molecule has 0 radical (unpaired) electrons. The Bertz CT molecular complexity index is 853. The monoisotopic (exact) mass is 387 g/mol. The molecule has 9 heteroatoms. The number of sulfonamides is 1. The van der Waals surface area contributed by atoms with Crippen molar-refractivity contribution in [3.63, 3.8) is 0 Å². The first-order valence-electron chi connectivity index (χ1n) is 8.07. The van der Waals surface area contributed by atoms with Gasteiger partial charge in [-0.3, -0.25) is 0 Å². The molecule has 0 amide bonds. The molecule has 0 fully saturated rings. The zero-order valence-corrected chi connectivity index (χ0v) is 16.0. The molecular weight excluding hydrogens is 364 g/mol. The molecule has 0 unspecified atom stereocenters. The van der Waals surface area contributed by atoms with E-state index in [0.29, 0.717) is 4.68 Å². The van der Waals surface area contributed by atoms with Gasteiger partial charge in [-0.25, -0.2) is 13.1 Å². The maximum absolute atomic E-state index is 13.2. The summed E-state index contributed by atoms with van der Waals surface area (Å²) >= 11 is 0. The summed E-state index contributed by atoms with van der Waals surface area (Å²) in [6, 6.07) is 6.98. The van der Waals surface area contributed by atoms with E-state index in [9.17, 15) is 17.2 Å². The van der Waals surface area contributed by atoms with Crippen molar-refractivity contribution in [2.45, 2.75) is 44.8 Å². The number of aromatic nitrogens is 2. The van der Waals surface area contributed by atoms with E-state index in [4.69, 9.17) is 4.74 Å². The van der Waals surface area contributed by atoms with Gasteiger partial charge in [0, 0.05) is 19.7 Å². The third-order valence-corrected chi connectivity index (χ3v) is 6.15. The highest BCUT2D eigenvalue weighted by Gasteiger charge is 2.33. The van der Waals surface area contributed by atoms with Crippen molar-refractivity contribution in [1.82, 2.24) is 14.1 Å². The Kier molecular flexibility index (Phi) is 6.48. The lowest BCUT2D eigenvalue weighted by Gasteiger charge is -2.28. The quantitative estimate of drug-likeness (QED) is 0.698. The van der Waals surface area contributed by atoms with Crippen molar-refractivity contribution >= 4 is 10.0 Å². The first-order valence-corrected chi connectivity index (χ1v) is 9.51. The molecule has 1 aromatic heterocycles. The molecule has 1 aromatic carbocycles. The number of hydrogen-bond acceptors (Lipinski definition) is 4. The van der Waals surface area contributed by atoms with Crippen LogP contribution in [0.4, 0.5) is 8.78 Å². The van der Waals surface area contributed by atoms with E-state index in [0.717, 1.165) is 17.3 Å². The summed E-state index contributed by atoms with van der Waals surface area (Å²) < 4.78 is 59.0. The van der Waals surface area contributed by atoms with Gasteiger partial charge in [0.1, 0.15) is 4.90 Å². The van der Waals surface area contributed by atoms with Gasteiger partial charge in [0.15, 0.2) is 0 Å². The van der Waals surface area contributed by atoms with Crippen molar-refractivity contribution in [2.75, 3.05) is 13.7 Å². The minimum absolute atomic E-state index is 0.0983. The largest absolute Gasteiger partial charge is 0.383 e. The first kappa shape index (κ1) is 20.5. The fourth-order valence-electron chi connectivity index (χ4n) is 2.78. The molecule has 1 heterocycles. The number of benzene rings is 1. The summed E-state index contributed by atoms with van der Waals surface area (Å²) in [5.74, 6) is 0. The minimum atomic E-state index is -4.04. The van der Waals surface area contributed by atoms with Crippen molar-refractivity contribution in [3.05, 3.63) is 47.3 Å². The highest BCUT2D eigenvalue weighted by molar-refractivity contribution is 7.89. The van der Waals surface area contributed by atoms with E-state index >= 15 is 0 Å². The van der Waals surface area contributed by atoms with Crippen molar-refractivity contribution in [3.8, 4) is 0 Å². The average molecular weight is 387 g/mol. The summed E-state index contributed by atoms with van der Waals surface area (Å²) in [6.07, 6.45) is 0.972. The van der Waals surface area contributed by atoms with Gasteiger partial charge in [0.05, 0.1) is 18.5 Å². The van der Waals surface area contributed by atoms with Gasteiger partial charge < -0.3 is 4.74 Å². The average Bonchev–Trinajstić information content (AvgIpc) is 2.95. The predicted octanol–water partition coefficient (Wildman–Crippen LogP) is 3.12. The van der Waals surface area contributed by atoms with Crippen LogP contribution in [0.3, 0.4) is 0 Å². The van der Waals surface area contributed by atoms with Crippen LogP contribution >= 0.6 is 0 Å². The molecule has 0 spiro atoms. The summed E-state index contributed by atoms with van der Waals surface area (Å²) in [6.45, 7) is 2.32. The zero-order valence-electron chi connectivity index (χ0n) is 15.2. The molecular formula is C17H23F2N3O3S. The molecule has 0 bridgehead atoms. The number of methoxy groups -OCH3 is 1. The van der Waals surface area contributed by atoms with Gasteiger partial charge >= 0.3 is 6.55 Å². The SMILES string of the molecule is COC[C@@H](C)N(Cc1cccc(C)c1)S(=O)(=O)c1cnn(C(F)F)c1C. The normalized spacial score (nSPS) is 13.5. The number of halogens is 2. The van der Waals surface area contributed by atoms with Crippen LogP contribution in [0, 0.1) is 13.8 Å². The Morgan fingerprint density at radius 2 is 2.00 bits per heavy atom. The number of rotatable bonds is 8. The van der Waals surface area contributed by atoms with Gasteiger partial charge in [0.25, 0.3) is 0 Å². The molecule has 144 valence electrons. The van der Waals surface area contributed by atoms with E-state index in [-0.39, 0.29) is 23.7 Å². The van der Waals surface area contributed by atoms with Gasteiger partial charge in [-0.2, -0.15) is 18.2 Å². The Hall–Kier alpha value is -1.84. The lowest BCUT2D eigenvalue weighted by molar-refractivity contribution is 0.0541. The molecule has 6 nitrogen and oxygen atoms in total. The number of nitrogens with zero attached hydrogens (tertiary/aromatic N) is 3. The summed E-state index contributed by atoms with van der Waals surface area (Å²) in [7, 11) is -2.56. The Labute approximate surface area is 152 Å². The van der Waals surface area contributed by atoms with Gasteiger partial charge in [-0.05, 0) is 26.3 Å². The molecule has 0 aliphatic rings. The standard InChI is InChI=1S/C17H23F2N3O3S/c1-12-6-5-7-15(8-12)10-21(13(2)11-25-4)26(23,24)16-9-20-22(14(16)3)17(18)19/h5-9,13,17H,10-11H2,1-4H3/t13-/m1/s1. The van der Waals surface area contributed by atoms with E-state index in [1.165, 1.54) is 18.3 Å². The number of hydrogen-bond donors (Lipinski definition) is 0. The zero-order chi connectivity index (χ0) is 19.5. The lowest BCUT2D eigenvalue weighted by atomic mass is 10.1. The van der Waals surface area contributed by atoms with Gasteiger partial charge in [-0.1, -0.05) is 29.8 Å². The van der Waals surface area contributed by atoms with E-state index in [1.54, 1.807) is 6.92 Å². The summed E-state index contributed by atoms with van der Waals surface area (Å²) in [5.41, 5.74) is 1.70. The number of alkyl halides is 2. The molecule has 0 aliphatic carbocycles. The Balaban J connectivity index is 2.46. The molecule has 0 saturated carbocycles. The van der Waals surface area contributed by atoms with Crippen molar-refractivity contribution in [1.29, 1.82) is 0 Å². The lowest BCUT2D eigenvalue weighted by Crippen LogP contribution is -2.40. The molecule has 2 rings (SSSR count). The molecule has 1 atom stereocenters. The van der Waals surface area contributed by atoms with Crippen LogP contribution in [-0.2, 0) is 21.3 Å². The van der Waals surface area contributed by atoms with Crippen LogP contribution < -0.4 is 0 Å². The predicted molar refractivity (Wildman–Crippen MR) is 93.5 cm³/mol. The van der Waals surface area contributed by atoms with Gasteiger partial charge in [0.2, 0.25) is 10.0 Å².